The van der Waals surface area contributed by atoms with Gasteiger partial charge in [-0.15, -0.1) is 5.12 Å². The predicted octanol–water partition coefficient (Wildman–Crippen LogP) is 3.56. The summed E-state index contributed by atoms with van der Waals surface area (Å²) in [5, 5.41) is 3.75. The fourth-order valence-corrected chi connectivity index (χ4v) is 2.70. The van der Waals surface area contributed by atoms with Gasteiger partial charge in [0.1, 0.15) is 0 Å². The number of allylic oxidation sites excluding steroid dienone is 1. The van der Waals surface area contributed by atoms with Gasteiger partial charge in [0.15, 0.2) is 0 Å². The highest BCUT2D eigenvalue weighted by Gasteiger charge is 2.25. The van der Waals surface area contributed by atoms with Crippen LogP contribution in [0.3, 0.4) is 0 Å². The van der Waals surface area contributed by atoms with E-state index >= 15 is 0 Å². The normalized spacial score (nSPS) is 15.7. The molecule has 1 heterocycles. The van der Waals surface area contributed by atoms with Crippen molar-refractivity contribution >= 4 is 5.70 Å². The van der Waals surface area contributed by atoms with Crippen molar-refractivity contribution in [3.8, 4) is 0 Å². The van der Waals surface area contributed by atoms with Crippen LogP contribution in [0.5, 0.6) is 0 Å². The molecule has 1 aromatic rings. The minimum absolute atomic E-state index is 0.937. The van der Waals surface area contributed by atoms with Crippen molar-refractivity contribution in [3.05, 3.63) is 41.1 Å². The molecule has 4 heteroatoms. The smallest absolute Gasteiger partial charge is 0.0803 e. The van der Waals surface area contributed by atoms with E-state index in [0.717, 1.165) is 24.4 Å². The van der Waals surface area contributed by atoms with Gasteiger partial charge in [-0.1, -0.05) is 56.9 Å². The second-order valence-corrected chi connectivity index (χ2v) is 5.77. The maximum absolute atomic E-state index is 6.18. The molecule has 0 radical (unpaired) electrons. The monoisotopic (exact) mass is 288 g/mol. The molecule has 2 rings (SSSR count). The number of unbranched alkanes of at least 4 members (excludes halogenated alkanes) is 4. The van der Waals surface area contributed by atoms with Crippen LogP contribution in [0.1, 0.15) is 57.1 Å². The summed E-state index contributed by atoms with van der Waals surface area (Å²) >= 11 is 0. The average Bonchev–Trinajstić information content (AvgIpc) is 2.76. The predicted molar refractivity (Wildman–Crippen MR) is 88.4 cm³/mol. The molecule has 1 aliphatic heterocycles. The Kier molecular flexibility index (Phi) is 5.65. The lowest BCUT2D eigenvalue weighted by Gasteiger charge is -2.25. The minimum atomic E-state index is 0.937. The van der Waals surface area contributed by atoms with E-state index in [1.807, 2.05) is 5.12 Å². The lowest BCUT2D eigenvalue weighted by Crippen LogP contribution is -2.47. The lowest BCUT2D eigenvalue weighted by molar-refractivity contribution is -0.00404. The standard InChI is InChI=1S/C17H28N4/c1-4-5-6-7-10-13-20-19-17(15(3)21(20)18)16-12-9-8-11-14(16)2/h8-9,11-12,19H,4-7,10,13,18H2,1-3H3. The Morgan fingerprint density at radius 3 is 2.48 bits per heavy atom. The number of hydrogen-bond acceptors (Lipinski definition) is 4. The van der Waals surface area contributed by atoms with Gasteiger partial charge in [-0.2, -0.15) is 0 Å². The molecule has 0 atom stereocenters. The Morgan fingerprint density at radius 2 is 1.76 bits per heavy atom. The molecular weight excluding hydrogens is 260 g/mol. The first kappa shape index (κ1) is 15.9. The molecule has 0 fully saturated rings. The number of benzene rings is 1. The number of hydrogen-bond donors (Lipinski definition) is 2. The van der Waals surface area contributed by atoms with Gasteiger partial charge in [-0.3, -0.25) is 5.43 Å². The van der Waals surface area contributed by atoms with Crippen LogP contribution in [0, 0.1) is 6.92 Å². The van der Waals surface area contributed by atoms with Gasteiger partial charge in [-0.05, 0) is 25.8 Å². The van der Waals surface area contributed by atoms with Crippen LogP contribution >= 0.6 is 0 Å². The summed E-state index contributed by atoms with van der Waals surface area (Å²) in [6, 6.07) is 8.40. The lowest BCUT2D eigenvalue weighted by atomic mass is 10.1. The van der Waals surface area contributed by atoms with Gasteiger partial charge in [0.05, 0.1) is 11.4 Å². The maximum atomic E-state index is 6.18. The summed E-state index contributed by atoms with van der Waals surface area (Å²) in [4.78, 5) is 0. The Bertz CT molecular complexity index is 495. The van der Waals surface area contributed by atoms with E-state index in [2.05, 4.69) is 50.5 Å². The van der Waals surface area contributed by atoms with Crippen molar-refractivity contribution in [3.63, 3.8) is 0 Å². The maximum Gasteiger partial charge on any atom is 0.0803 e. The van der Waals surface area contributed by atoms with Crippen molar-refractivity contribution in [2.45, 2.75) is 52.9 Å². The fourth-order valence-electron chi connectivity index (χ4n) is 2.70. The molecule has 0 saturated heterocycles. The van der Waals surface area contributed by atoms with Gasteiger partial charge >= 0.3 is 0 Å². The molecule has 1 aromatic carbocycles. The average molecular weight is 288 g/mol. The minimum Gasteiger partial charge on any atom is -0.298 e. The van der Waals surface area contributed by atoms with E-state index < -0.39 is 0 Å². The van der Waals surface area contributed by atoms with Gasteiger partial charge in [0, 0.05) is 12.1 Å². The molecule has 0 spiro atoms. The van der Waals surface area contributed by atoms with E-state index in [0.29, 0.717) is 0 Å². The summed E-state index contributed by atoms with van der Waals surface area (Å²) in [7, 11) is 0. The number of nitrogens with two attached hydrogens (primary N) is 1. The first-order chi connectivity index (χ1) is 10.1. The number of aryl methyl sites for hydroxylation is 1. The van der Waals surface area contributed by atoms with Gasteiger partial charge in [0.25, 0.3) is 0 Å². The quantitative estimate of drug-likeness (QED) is 0.595. The highest BCUT2D eigenvalue weighted by Crippen LogP contribution is 2.26. The van der Waals surface area contributed by atoms with Gasteiger partial charge in [-0.25, -0.2) is 11.0 Å². The molecule has 0 aliphatic carbocycles. The zero-order chi connectivity index (χ0) is 15.2. The fraction of sp³-hybridized carbons (Fsp3) is 0.529. The first-order valence-electron chi connectivity index (χ1n) is 8.01. The van der Waals surface area contributed by atoms with Crippen LogP contribution in [0.15, 0.2) is 30.0 Å². The largest absolute Gasteiger partial charge is 0.298 e. The highest BCUT2D eigenvalue weighted by atomic mass is 15.9. The van der Waals surface area contributed by atoms with Gasteiger partial charge < -0.3 is 0 Å². The van der Waals surface area contributed by atoms with Crippen molar-refractivity contribution in [1.29, 1.82) is 0 Å². The second kappa shape index (κ2) is 7.48. The molecule has 3 N–H and O–H groups in total. The molecule has 1 aliphatic rings. The number of hydrazine groups is 3. The van der Waals surface area contributed by atoms with Crippen molar-refractivity contribution in [1.82, 2.24) is 15.7 Å². The Labute approximate surface area is 128 Å². The Morgan fingerprint density at radius 1 is 1.05 bits per heavy atom. The van der Waals surface area contributed by atoms with Crippen LogP contribution in [-0.4, -0.2) is 16.8 Å². The van der Waals surface area contributed by atoms with Crippen LogP contribution < -0.4 is 11.3 Å². The zero-order valence-electron chi connectivity index (χ0n) is 13.5. The molecule has 0 bridgehead atoms. The van der Waals surface area contributed by atoms with Crippen LogP contribution in [0.4, 0.5) is 0 Å². The molecule has 21 heavy (non-hydrogen) atoms. The van der Waals surface area contributed by atoms with E-state index in [1.165, 1.54) is 36.8 Å². The third-order valence-corrected chi connectivity index (χ3v) is 4.09. The summed E-state index contributed by atoms with van der Waals surface area (Å²) in [5.41, 5.74) is 8.12. The van der Waals surface area contributed by atoms with Crippen molar-refractivity contribution in [2.24, 2.45) is 5.84 Å². The third-order valence-electron chi connectivity index (χ3n) is 4.09. The van der Waals surface area contributed by atoms with Gasteiger partial charge in [0.2, 0.25) is 0 Å². The van der Waals surface area contributed by atoms with Crippen molar-refractivity contribution < 1.29 is 0 Å². The third kappa shape index (κ3) is 3.77. The molecule has 116 valence electrons. The number of nitrogens with one attached hydrogen (secondary N) is 1. The number of nitrogens with zero attached hydrogens (tertiary/aromatic N) is 2. The molecular formula is C17H28N4. The second-order valence-electron chi connectivity index (χ2n) is 5.77. The summed E-state index contributed by atoms with van der Waals surface area (Å²) in [6.07, 6.45) is 6.34. The van der Waals surface area contributed by atoms with E-state index in [4.69, 9.17) is 5.84 Å². The topological polar surface area (TPSA) is 44.5 Å². The van der Waals surface area contributed by atoms with E-state index in [9.17, 15) is 0 Å². The van der Waals surface area contributed by atoms with Crippen LogP contribution in [0.2, 0.25) is 0 Å². The molecule has 4 nitrogen and oxygen atoms in total. The Hall–Kier alpha value is -1.52. The molecule has 0 saturated carbocycles. The van der Waals surface area contributed by atoms with Crippen molar-refractivity contribution in [2.75, 3.05) is 6.54 Å². The van der Waals surface area contributed by atoms with E-state index in [1.54, 1.807) is 5.12 Å². The summed E-state index contributed by atoms with van der Waals surface area (Å²) < 4.78 is 0. The number of rotatable bonds is 7. The molecule has 0 unspecified atom stereocenters. The Balaban J connectivity index is 1.95. The summed E-state index contributed by atoms with van der Waals surface area (Å²) in [5.74, 6) is 6.18. The highest BCUT2D eigenvalue weighted by molar-refractivity contribution is 5.69. The first-order valence-corrected chi connectivity index (χ1v) is 8.01. The zero-order valence-corrected chi connectivity index (χ0v) is 13.5. The summed E-state index contributed by atoms with van der Waals surface area (Å²) in [6.45, 7) is 7.37. The van der Waals surface area contributed by atoms with E-state index in [-0.39, 0.29) is 0 Å². The molecule has 0 amide bonds. The molecule has 0 aromatic heterocycles. The SMILES string of the molecule is CCCCCCCN1NC(c2ccccc2C)=C(C)N1N. The van der Waals surface area contributed by atoms with Crippen LogP contribution in [-0.2, 0) is 0 Å². The van der Waals surface area contributed by atoms with Crippen LogP contribution in [0.25, 0.3) is 5.70 Å².